The molecule has 0 spiro atoms. The Bertz CT molecular complexity index is 468. The van der Waals surface area contributed by atoms with Crippen LogP contribution in [0.25, 0.3) is 0 Å². The first-order valence-electron chi connectivity index (χ1n) is 5.64. The summed E-state index contributed by atoms with van der Waals surface area (Å²) >= 11 is 0. The highest BCUT2D eigenvalue weighted by atomic mass is 32.2. The summed E-state index contributed by atoms with van der Waals surface area (Å²) in [5, 5.41) is -0.312. The molecule has 0 bridgehead atoms. The van der Waals surface area contributed by atoms with Gasteiger partial charge in [-0.25, -0.2) is 8.42 Å². The van der Waals surface area contributed by atoms with Gasteiger partial charge in [-0.2, -0.15) is 0 Å². The Morgan fingerprint density at radius 3 is 2.81 bits per heavy atom. The van der Waals surface area contributed by atoms with Crippen molar-refractivity contribution in [1.82, 2.24) is 0 Å². The third-order valence-electron chi connectivity index (χ3n) is 3.14. The van der Waals surface area contributed by atoms with Gasteiger partial charge >= 0.3 is 0 Å². The standard InChI is InChI=1S/C12H17NO2S/c13-9-10-4-3-5-11(8-10)12-6-1-2-7-16(12,14)15/h3-5,8,12H,1-2,6-7,9,13H2. The van der Waals surface area contributed by atoms with Gasteiger partial charge in [0.25, 0.3) is 0 Å². The lowest BCUT2D eigenvalue weighted by molar-refractivity contribution is 0.546. The fraction of sp³-hybridized carbons (Fsp3) is 0.500. The number of nitrogens with two attached hydrogens (primary N) is 1. The predicted octanol–water partition coefficient (Wildman–Crippen LogP) is 1.79. The third-order valence-corrected chi connectivity index (χ3v) is 5.37. The Hall–Kier alpha value is -0.870. The van der Waals surface area contributed by atoms with E-state index < -0.39 is 9.84 Å². The molecule has 1 atom stereocenters. The molecule has 0 radical (unpaired) electrons. The van der Waals surface area contributed by atoms with Crippen LogP contribution >= 0.6 is 0 Å². The summed E-state index contributed by atoms with van der Waals surface area (Å²) in [4.78, 5) is 0. The van der Waals surface area contributed by atoms with Crippen LogP contribution in [0.15, 0.2) is 24.3 Å². The van der Waals surface area contributed by atoms with Crippen molar-refractivity contribution in [2.75, 3.05) is 5.75 Å². The summed E-state index contributed by atoms with van der Waals surface area (Å²) in [5.74, 6) is 0.324. The zero-order chi connectivity index (χ0) is 11.6. The van der Waals surface area contributed by atoms with E-state index in [1.807, 2.05) is 24.3 Å². The molecule has 1 saturated heterocycles. The minimum atomic E-state index is -2.94. The summed E-state index contributed by atoms with van der Waals surface area (Å²) in [5.41, 5.74) is 7.47. The average molecular weight is 239 g/mol. The molecule has 1 unspecified atom stereocenters. The average Bonchev–Trinajstić information content (AvgIpc) is 2.28. The van der Waals surface area contributed by atoms with Gasteiger partial charge in [0, 0.05) is 6.54 Å². The minimum absolute atomic E-state index is 0.312. The van der Waals surface area contributed by atoms with Crippen LogP contribution < -0.4 is 5.73 Å². The first-order valence-corrected chi connectivity index (χ1v) is 7.35. The topological polar surface area (TPSA) is 60.2 Å². The van der Waals surface area contributed by atoms with E-state index in [-0.39, 0.29) is 5.25 Å². The molecule has 1 fully saturated rings. The zero-order valence-electron chi connectivity index (χ0n) is 9.22. The molecule has 0 amide bonds. The molecular weight excluding hydrogens is 222 g/mol. The molecule has 4 heteroatoms. The van der Waals surface area contributed by atoms with Crippen LogP contribution in [-0.2, 0) is 16.4 Å². The number of sulfone groups is 1. The van der Waals surface area contributed by atoms with Crippen LogP contribution in [0.2, 0.25) is 0 Å². The highest BCUT2D eigenvalue weighted by molar-refractivity contribution is 7.91. The molecule has 88 valence electrons. The van der Waals surface area contributed by atoms with E-state index in [9.17, 15) is 8.42 Å². The molecule has 1 aliphatic rings. The van der Waals surface area contributed by atoms with E-state index in [1.54, 1.807) is 0 Å². The Morgan fingerprint density at radius 2 is 2.12 bits per heavy atom. The van der Waals surface area contributed by atoms with E-state index in [4.69, 9.17) is 5.73 Å². The maximum absolute atomic E-state index is 12.0. The second kappa shape index (κ2) is 4.55. The van der Waals surface area contributed by atoms with E-state index in [0.717, 1.165) is 30.4 Å². The van der Waals surface area contributed by atoms with Crippen LogP contribution in [-0.4, -0.2) is 14.2 Å². The van der Waals surface area contributed by atoms with E-state index >= 15 is 0 Å². The molecule has 2 rings (SSSR count). The lowest BCUT2D eigenvalue weighted by atomic mass is 10.0. The molecule has 3 nitrogen and oxygen atoms in total. The molecular formula is C12H17NO2S. The number of rotatable bonds is 2. The molecule has 16 heavy (non-hydrogen) atoms. The maximum Gasteiger partial charge on any atom is 0.157 e. The monoisotopic (exact) mass is 239 g/mol. The van der Waals surface area contributed by atoms with Crippen molar-refractivity contribution in [1.29, 1.82) is 0 Å². The van der Waals surface area contributed by atoms with Crippen molar-refractivity contribution in [2.24, 2.45) is 5.73 Å². The fourth-order valence-electron chi connectivity index (χ4n) is 2.25. The van der Waals surface area contributed by atoms with Crippen molar-refractivity contribution < 1.29 is 8.42 Å². The lowest BCUT2D eigenvalue weighted by Gasteiger charge is -2.22. The number of hydrogen-bond donors (Lipinski definition) is 1. The maximum atomic E-state index is 12.0. The van der Waals surface area contributed by atoms with Crippen molar-refractivity contribution in [3.8, 4) is 0 Å². The Balaban J connectivity index is 2.35. The molecule has 2 N–H and O–H groups in total. The molecule has 1 aromatic carbocycles. The van der Waals surface area contributed by atoms with E-state index in [0.29, 0.717) is 12.3 Å². The van der Waals surface area contributed by atoms with Crippen LogP contribution in [0.3, 0.4) is 0 Å². The SMILES string of the molecule is NCc1cccc(C2CCCCS2(=O)=O)c1. The largest absolute Gasteiger partial charge is 0.326 e. The van der Waals surface area contributed by atoms with Crippen molar-refractivity contribution >= 4 is 9.84 Å². The summed E-state index contributed by atoms with van der Waals surface area (Å²) in [7, 11) is -2.94. The number of hydrogen-bond acceptors (Lipinski definition) is 3. The quantitative estimate of drug-likeness (QED) is 0.856. The first-order chi connectivity index (χ1) is 7.63. The fourth-order valence-corrected chi connectivity index (χ4v) is 4.23. The van der Waals surface area contributed by atoms with Gasteiger partial charge < -0.3 is 5.73 Å². The molecule has 0 aromatic heterocycles. The van der Waals surface area contributed by atoms with Gasteiger partial charge in [-0.05, 0) is 24.0 Å². The number of benzene rings is 1. The van der Waals surface area contributed by atoms with Crippen molar-refractivity contribution in [2.45, 2.75) is 31.1 Å². The summed E-state index contributed by atoms with van der Waals surface area (Å²) in [6.07, 6.45) is 2.54. The third kappa shape index (κ3) is 2.28. The normalized spacial score (nSPS) is 24.2. The van der Waals surface area contributed by atoms with E-state index in [2.05, 4.69) is 0 Å². The van der Waals surface area contributed by atoms with Gasteiger partial charge in [0.05, 0.1) is 11.0 Å². The van der Waals surface area contributed by atoms with Gasteiger partial charge in [0.2, 0.25) is 0 Å². The summed E-state index contributed by atoms with van der Waals surface area (Å²) in [6, 6.07) is 7.64. The van der Waals surface area contributed by atoms with Gasteiger partial charge in [-0.15, -0.1) is 0 Å². The Morgan fingerprint density at radius 1 is 1.31 bits per heavy atom. The van der Waals surface area contributed by atoms with Crippen LogP contribution in [0, 0.1) is 0 Å². The van der Waals surface area contributed by atoms with Crippen LogP contribution in [0.5, 0.6) is 0 Å². The predicted molar refractivity (Wildman–Crippen MR) is 64.7 cm³/mol. The van der Waals surface area contributed by atoms with Crippen molar-refractivity contribution in [3.05, 3.63) is 35.4 Å². The summed E-state index contributed by atoms with van der Waals surface area (Å²) in [6.45, 7) is 0.459. The first kappa shape index (κ1) is 11.6. The second-order valence-corrected chi connectivity index (χ2v) is 6.60. The van der Waals surface area contributed by atoms with Gasteiger partial charge in [-0.3, -0.25) is 0 Å². The highest BCUT2D eigenvalue weighted by Crippen LogP contribution is 2.33. The molecule has 1 aromatic rings. The Labute approximate surface area is 96.6 Å². The van der Waals surface area contributed by atoms with Gasteiger partial charge in [0.1, 0.15) is 0 Å². The summed E-state index contributed by atoms with van der Waals surface area (Å²) < 4.78 is 23.9. The van der Waals surface area contributed by atoms with Crippen LogP contribution in [0.1, 0.15) is 35.6 Å². The van der Waals surface area contributed by atoms with Gasteiger partial charge in [-0.1, -0.05) is 30.7 Å². The minimum Gasteiger partial charge on any atom is -0.326 e. The molecule has 1 heterocycles. The lowest BCUT2D eigenvalue weighted by Crippen LogP contribution is -2.21. The second-order valence-electron chi connectivity index (χ2n) is 4.30. The molecule has 1 aliphatic heterocycles. The smallest absolute Gasteiger partial charge is 0.157 e. The molecule has 0 aliphatic carbocycles. The molecule has 0 saturated carbocycles. The van der Waals surface area contributed by atoms with Crippen LogP contribution in [0.4, 0.5) is 0 Å². The van der Waals surface area contributed by atoms with Crippen molar-refractivity contribution in [3.63, 3.8) is 0 Å². The van der Waals surface area contributed by atoms with Gasteiger partial charge in [0.15, 0.2) is 9.84 Å². The highest BCUT2D eigenvalue weighted by Gasteiger charge is 2.29. The van der Waals surface area contributed by atoms with E-state index in [1.165, 1.54) is 0 Å². The Kier molecular flexibility index (Phi) is 3.30. The zero-order valence-corrected chi connectivity index (χ0v) is 10.0.